The Morgan fingerprint density at radius 1 is 0.947 bits per heavy atom. The van der Waals surface area contributed by atoms with Crippen molar-refractivity contribution in [1.82, 2.24) is 20.2 Å². The van der Waals surface area contributed by atoms with Gasteiger partial charge in [-0.1, -0.05) is 17.7 Å². The second kappa shape index (κ2) is 4.49. The molecule has 0 radical (unpaired) electrons. The zero-order valence-electron chi connectivity index (χ0n) is 10.2. The largest absolute Gasteiger partial charge is 0.414 e. The number of anilines is 1. The molecule has 2 heterocycles. The standard InChI is InChI=1S/C13H11N5O/c1-8-2-4-9(5-3-8)12-17-18-13(19-12)10-11(14)16-7-6-15-10/h2-7H,1H3,(H2,14,16). The molecule has 6 heteroatoms. The minimum atomic E-state index is 0.265. The van der Waals surface area contributed by atoms with E-state index in [0.29, 0.717) is 11.6 Å². The monoisotopic (exact) mass is 253 g/mol. The van der Waals surface area contributed by atoms with Crippen LogP contribution in [-0.4, -0.2) is 20.2 Å². The van der Waals surface area contributed by atoms with E-state index >= 15 is 0 Å². The van der Waals surface area contributed by atoms with Crippen LogP contribution in [0.5, 0.6) is 0 Å². The Balaban J connectivity index is 2.00. The lowest BCUT2D eigenvalue weighted by atomic mass is 10.1. The number of nitrogens with two attached hydrogens (primary N) is 1. The average Bonchev–Trinajstić information content (AvgIpc) is 2.89. The fraction of sp³-hybridized carbons (Fsp3) is 0.0769. The third-order valence-corrected chi connectivity index (χ3v) is 2.65. The Hall–Kier alpha value is -2.76. The van der Waals surface area contributed by atoms with Crippen LogP contribution >= 0.6 is 0 Å². The van der Waals surface area contributed by atoms with Gasteiger partial charge in [-0.25, -0.2) is 9.97 Å². The van der Waals surface area contributed by atoms with E-state index in [0.717, 1.165) is 5.56 Å². The number of benzene rings is 1. The summed E-state index contributed by atoms with van der Waals surface area (Å²) in [5, 5.41) is 7.94. The molecule has 6 nitrogen and oxygen atoms in total. The van der Waals surface area contributed by atoms with Gasteiger partial charge in [-0.05, 0) is 19.1 Å². The fourth-order valence-electron chi connectivity index (χ4n) is 1.65. The summed E-state index contributed by atoms with van der Waals surface area (Å²) < 4.78 is 5.57. The molecule has 19 heavy (non-hydrogen) atoms. The van der Waals surface area contributed by atoms with Gasteiger partial charge in [0.15, 0.2) is 11.5 Å². The predicted molar refractivity (Wildman–Crippen MR) is 69.9 cm³/mol. The van der Waals surface area contributed by atoms with Crippen LogP contribution in [0.3, 0.4) is 0 Å². The number of hydrogen-bond acceptors (Lipinski definition) is 6. The number of rotatable bonds is 2. The SMILES string of the molecule is Cc1ccc(-c2nnc(-c3nccnc3N)o2)cc1. The zero-order chi connectivity index (χ0) is 13.2. The molecule has 3 aromatic rings. The molecule has 0 atom stereocenters. The van der Waals surface area contributed by atoms with Gasteiger partial charge in [0.25, 0.3) is 5.89 Å². The van der Waals surface area contributed by atoms with E-state index in [-0.39, 0.29) is 11.7 Å². The molecule has 2 N–H and O–H groups in total. The lowest BCUT2D eigenvalue weighted by Gasteiger charge is -1.97. The number of hydrogen-bond donors (Lipinski definition) is 1. The van der Waals surface area contributed by atoms with Crippen molar-refractivity contribution in [2.45, 2.75) is 6.92 Å². The van der Waals surface area contributed by atoms with Crippen molar-refractivity contribution in [3.05, 3.63) is 42.2 Å². The first-order valence-electron chi connectivity index (χ1n) is 5.71. The zero-order valence-corrected chi connectivity index (χ0v) is 10.2. The summed E-state index contributed by atoms with van der Waals surface area (Å²) in [6.07, 6.45) is 3.04. The molecule has 0 aliphatic rings. The van der Waals surface area contributed by atoms with Crippen molar-refractivity contribution >= 4 is 5.82 Å². The first-order chi connectivity index (χ1) is 9.24. The second-order valence-electron chi connectivity index (χ2n) is 4.07. The molecule has 2 aromatic heterocycles. The van der Waals surface area contributed by atoms with Crippen LogP contribution in [0.4, 0.5) is 5.82 Å². The van der Waals surface area contributed by atoms with E-state index in [1.54, 1.807) is 0 Å². The number of aromatic nitrogens is 4. The van der Waals surface area contributed by atoms with E-state index in [9.17, 15) is 0 Å². The fourth-order valence-corrected chi connectivity index (χ4v) is 1.65. The number of nitrogen functional groups attached to an aromatic ring is 1. The third-order valence-electron chi connectivity index (χ3n) is 2.65. The van der Waals surface area contributed by atoms with Gasteiger partial charge in [-0.15, -0.1) is 10.2 Å². The summed E-state index contributed by atoms with van der Waals surface area (Å²) in [5.41, 5.74) is 8.14. The summed E-state index contributed by atoms with van der Waals surface area (Å²) >= 11 is 0. The highest BCUT2D eigenvalue weighted by Crippen LogP contribution is 2.24. The molecule has 0 unspecified atom stereocenters. The molecule has 3 rings (SSSR count). The van der Waals surface area contributed by atoms with Crippen LogP contribution in [0.15, 0.2) is 41.1 Å². The van der Waals surface area contributed by atoms with Crippen molar-refractivity contribution in [2.75, 3.05) is 5.73 Å². The lowest BCUT2D eigenvalue weighted by molar-refractivity contribution is 0.582. The highest BCUT2D eigenvalue weighted by molar-refractivity contribution is 5.63. The van der Waals surface area contributed by atoms with Gasteiger partial charge in [0.05, 0.1) is 0 Å². The maximum absolute atomic E-state index is 5.72. The predicted octanol–water partition coefficient (Wildman–Crippen LogP) is 2.08. The normalized spacial score (nSPS) is 10.6. The Bertz CT molecular complexity index is 705. The Morgan fingerprint density at radius 2 is 1.63 bits per heavy atom. The first-order valence-corrected chi connectivity index (χ1v) is 5.71. The van der Waals surface area contributed by atoms with Crippen LogP contribution in [0.1, 0.15) is 5.56 Å². The summed E-state index contributed by atoms with van der Waals surface area (Å²) in [6, 6.07) is 7.81. The minimum Gasteiger partial charge on any atom is -0.414 e. The van der Waals surface area contributed by atoms with Crippen LogP contribution in [0, 0.1) is 6.92 Å². The molecule has 94 valence electrons. The summed E-state index contributed by atoms with van der Waals surface area (Å²) in [7, 11) is 0. The molecular weight excluding hydrogens is 242 g/mol. The van der Waals surface area contributed by atoms with E-state index in [1.165, 1.54) is 18.0 Å². The minimum absolute atomic E-state index is 0.265. The van der Waals surface area contributed by atoms with E-state index in [4.69, 9.17) is 10.2 Å². The Kier molecular flexibility index (Phi) is 2.68. The molecule has 0 saturated carbocycles. The van der Waals surface area contributed by atoms with Crippen LogP contribution in [0.25, 0.3) is 23.0 Å². The topological polar surface area (TPSA) is 90.7 Å². The molecule has 0 spiro atoms. The Labute approximate surface area is 109 Å². The molecule has 0 bridgehead atoms. The highest BCUT2D eigenvalue weighted by atomic mass is 16.4. The third kappa shape index (κ3) is 2.15. The Morgan fingerprint density at radius 3 is 2.37 bits per heavy atom. The highest BCUT2D eigenvalue weighted by Gasteiger charge is 2.14. The van der Waals surface area contributed by atoms with Crippen molar-refractivity contribution in [3.8, 4) is 23.0 Å². The summed E-state index contributed by atoms with van der Waals surface area (Å²) in [5.74, 6) is 0.961. The first kappa shape index (κ1) is 11.3. The van der Waals surface area contributed by atoms with Gasteiger partial charge < -0.3 is 10.2 Å². The molecular formula is C13H11N5O. The summed E-state index contributed by atoms with van der Waals surface area (Å²) in [4.78, 5) is 8.02. The molecule has 0 amide bonds. The molecule has 0 aliphatic heterocycles. The van der Waals surface area contributed by atoms with Crippen molar-refractivity contribution in [1.29, 1.82) is 0 Å². The van der Waals surface area contributed by atoms with Gasteiger partial charge in [0, 0.05) is 18.0 Å². The quantitative estimate of drug-likeness (QED) is 0.751. The second-order valence-corrected chi connectivity index (χ2v) is 4.07. The van der Waals surface area contributed by atoms with Crippen LogP contribution in [0.2, 0.25) is 0 Å². The van der Waals surface area contributed by atoms with Gasteiger partial charge in [0.1, 0.15) is 0 Å². The van der Waals surface area contributed by atoms with Gasteiger partial charge in [0.2, 0.25) is 5.89 Å². The van der Waals surface area contributed by atoms with Crippen molar-refractivity contribution < 1.29 is 4.42 Å². The van der Waals surface area contributed by atoms with Crippen molar-refractivity contribution in [3.63, 3.8) is 0 Å². The summed E-state index contributed by atoms with van der Waals surface area (Å²) in [6.45, 7) is 2.02. The molecule has 1 aromatic carbocycles. The molecule has 0 aliphatic carbocycles. The van der Waals surface area contributed by atoms with Crippen LogP contribution in [-0.2, 0) is 0 Å². The van der Waals surface area contributed by atoms with Gasteiger partial charge in [-0.2, -0.15) is 0 Å². The van der Waals surface area contributed by atoms with E-state index < -0.39 is 0 Å². The smallest absolute Gasteiger partial charge is 0.270 e. The van der Waals surface area contributed by atoms with Gasteiger partial charge >= 0.3 is 0 Å². The number of nitrogens with zero attached hydrogens (tertiary/aromatic N) is 4. The molecule has 0 fully saturated rings. The number of aryl methyl sites for hydroxylation is 1. The van der Waals surface area contributed by atoms with Gasteiger partial charge in [-0.3, -0.25) is 0 Å². The van der Waals surface area contributed by atoms with Crippen LogP contribution < -0.4 is 5.73 Å². The van der Waals surface area contributed by atoms with Crippen molar-refractivity contribution in [2.24, 2.45) is 0 Å². The average molecular weight is 253 g/mol. The lowest BCUT2D eigenvalue weighted by Crippen LogP contribution is -1.95. The molecule has 0 saturated heterocycles. The van der Waals surface area contributed by atoms with E-state index in [1.807, 2.05) is 31.2 Å². The maximum atomic E-state index is 5.72. The maximum Gasteiger partial charge on any atom is 0.270 e. The van der Waals surface area contributed by atoms with E-state index in [2.05, 4.69) is 20.2 Å².